The van der Waals surface area contributed by atoms with Crippen LogP contribution in [-0.2, 0) is 9.84 Å². The molecule has 3 aromatic rings. The molecular weight excluding hydrogens is 395 g/mol. The van der Waals surface area contributed by atoms with E-state index in [0.29, 0.717) is 18.8 Å². The highest BCUT2D eigenvalue weighted by Gasteiger charge is 2.29. The molecule has 1 amide bonds. The second kappa shape index (κ2) is 8.16. The van der Waals surface area contributed by atoms with Crippen LogP contribution in [-0.4, -0.2) is 44.4 Å². The largest absolute Gasteiger partial charge is 0.497 e. The van der Waals surface area contributed by atoms with Crippen molar-refractivity contribution in [3.63, 3.8) is 0 Å². The summed E-state index contributed by atoms with van der Waals surface area (Å²) in [7, 11) is -2.67. The Morgan fingerprint density at radius 3 is 2.34 bits per heavy atom. The minimum Gasteiger partial charge on any atom is -0.497 e. The van der Waals surface area contributed by atoms with Crippen LogP contribution in [0.25, 0.3) is 10.9 Å². The second-order valence-corrected chi connectivity index (χ2v) is 8.21. The maximum atomic E-state index is 14.0. The predicted octanol–water partition coefficient (Wildman–Crippen LogP) is 3.70. The molecule has 0 N–H and O–H groups in total. The molecule has 1 aromatic heterocycles. The van der Waals surface area contributed by atoms with Crippen LogP contribution in [0, 0.1) is 5.82 Å². The number of halogens is 1. The molecular formula is C21H21FN2O4S. The molecule has 152 valence electrons. The van der Waals surface area contributed by atoms with E-state index < -0.39 is 21.6 Å². The average molecular weight is 416 g/mol. The Kier molecular flexibility index (Phi) is 5.83. The van der Waals surface area contributed by atoms with Crippen molar-refractivity contribution in [2.24, 2.45) is 0 Å². The number of aromatic nitrogens is 1. The second-order valence-electron chi connectivity index (χ2n) is 6.32. The molecule has 0 unspecified atom stereocenters. The smallest absolute Gasteiger partial charge is 0.256 e. The molecule has 0 atom stereocenters. The molecule has 0 aliphatic carbocycles. The summed E-state index contributed by atoms with van der Waals surface area (Å²) < 4.78 is 46.1. The number of hydrogen-bond donors (Lipinski definition) is 0. The van der Waals surface area contributed by atoms with Gasteiger partial charge in [-0.1, -0.05) is 0 Å². The lowest BCUT2D eigenvalue weighted by atomic mass is 10.1. The number of rotatable bonds is 6. The van der Waals surface area contributed by atoms with Crippen LogP contribution in [0.4, 0.5) is 4.39 Å². The fraction of sp³-hybridized carbons (Fsp3) is 0.238. The Morgan fingerprint density at radius 1 is 1.10 bits per heavy atom. The van der Waals surface area contributed by atoms with Crippen molar-refractivity contribution < 1.29 is 22.3 Å². The van der Waals surface area contributed by atoms with Crippen molar-refractivity contribution in [1.82, 2.24) is 9.88 Å². The monoisotopic (exact) mass is 416 g/mol. The Bertz CT molecular complexity index is 1160. The number of pyridine rings is 1. The highest BCUT2D eigenvalue weighted by molar-refractivity contribution is 7.91. The van der Waals surface area contributed by atoms with E-state index in [1.807, 2.05) is 0 Å². The summed E-state index contributed by atoms with van der Waals surface area (Å²) in [5.74, 6) is -0.590. The van der Waals surface area contributed by atoms with E-state index in [0.717, 1.165) is 6.07 Å². The third-order valence-corrected chi connectivity index (χ3v) is 6.57. The van der Waals surface area contributed by atoms with E-state index in [1.165, 1.54) is 54.6 Å². The minimum atomic E-state index is -4.14. The molecule has 29 heavy (non-hydrogen) atoms. The topological polar surface area (TPSA) is 76.6 Å². The van der Waals surface area contributed by atoms with E-state index >= 15 is 0 Å². The van der Waals surface area contributed by atoms with Crippen molar-refractivity contribution in [3.8, 4) is 5.75 Å². The molecule has 0 aliphatic rings. The van der Waals surface area contributed by atoms with Gasteiger partial charge in [0.2, 0.25) is 9.84 Å². The van der Waals surface area contributed by atoms with Gasteiger partial charge in [0.1, 0.15) is 11.6 Å². The summed E-state index contributed by atoms with van der Waals surface area (Å²) in [5.41, 5.74) is 0.206. The average Bonchev–Trinajstić information content (AvgIpc) is 2.73. The maximum absolute atomic E-state index is 14.0. The van der Waals surface area contributed by atoms with Crippen molar-refractivity contribution in [2.45, 2.75) is 23.6 Å². The SMILES string of the molecule is CCN(CC)C(=O)c1cnc2ccc(F)cc2c1S(=O)(=O)c1ccc(OC)cc1. The molecule has 6 nitrogen and oxygen atoms in total. The summed E-state index contributed by atoms with van der Waals surface area (Å²) in [4.78, 5) is 18.5. The summed E-state index contributed by atoms with van der Waals surface area (Å²) in [5, 5.41) is 0.0684. The molecule has 1 heterocycles. The number of carbonyl (C=O) groups excluding carboxylic acids is 1. The normalized spacial score (nSPS) is 11.4. The first-order valence-corrected chi connectivity index (χ1v) is 10.6. The first kappa shape index (κ1) is 20.7. The summed E-state index contributed by atoms with van der Waals surface area (Å²) in [6.07, 6.45) is 1.25. The van der Waals surface area contributed by atoms with Crippen LogP contribution < -0.4 is 4.74 Å². The van der Waals surface area contributed by atoms with Crippen molar-refractivity contribution in [3.05, 3.63) is 60.0 Å². The lowest BCUT2D eigenvalue weighted by Gasteiger charge is -2.21. The van der Waals surface area contributed by atoms with Crippen LogP contribution >= 0.6 is 0 Å². The van der Waals surface area contributed by atoms with Gasteiger partial charge >= 0.3 is 0 Å². The summed E-state index contributed by atoms with van der Waals surface area (Å²) in [6, 6.07) is 9.51. The number of nitrogens with zero attached hydrogens (tertiary/aromatic N) is 2. The van der Waals surface area contributed by atoms with Crippen LogP contribution in [0.3, 0.4) is 0 Å². The molecule has 8 heteroatoms. The number of amides is 1. The quantitative estimate of drug-likeness (QED) is 0.612. The van der Waals surface area contributed by atoms with Gasteiger partial charge in [-0.2, -0.15) is 0 Å². The van der Waals surface area contributed by atoms with Gasteiger partial charge < -0.3 is 9.64 Å². The lowest BCUT2D eigenvalue weighted by Crippen LogP contribution is -2.31. The predicted molar refractivity (Wildman–Crippen MR) is 107 cm³/mol. The Morgan fingerprint density at radius 2 is 1.76 bits per heavy atom. The van der Waals surface area contributed by atoms with Crippen LogP contribution in [0.15, 0.2) is 58.5 Å². The Hall–Kier alpha value is -3.00. The fourth-order valence-electron chi connectivity index (χ4n) is 3.14. The molecule has 3 rings (SSSR count). The molecule has 2 aromatic carbocycles. The first-order chi connectivity index (χ1) is 13.8. The molecule has 0 saturated carbocycles. The number of benzene rings is 2. The standard InChI is InChI=1S/C21H21FN2O4S/c1-4-24(5-2)21(25)18-13-23-19-11-6-14(22)12-17(19)20(18)29(26,27)16-9-7-15(28-3)8-10-16/h6-13H,4-5H2,1-3H3. The van der Waals surface area contributed by atoms with Crippen LogP contribution in [0.1, 0.15) is 24.2 Å². The van der Waals surface area contributed by atoms with E-state index in [-0.39, 0.29) is 26.3 Å². The Labute approximate surface area is 168 Å². The number of methoxy groups -OCH3 is 1. The van der Waals surface area contributed by atoms with Crippen LogP contribution in [0.5, 0.6) is 5.75 Å². The highest BCUT2D eigenvalue weighted by Crippen LogP contribution is 2.32. The molecule has 0 bridgehead atoms. The molecule has 0 aliphatic heterocycles. The van der Waals surface area contributed by atoms with Gasteiger partial charge in [0.25, 0.3) is 5.91 Å². The van der Waals surface area contributed by atoms with Gasteiger partial charge in [-0.05, 0) is 56.3 Å². The molecule has 0 radical (unpaired) electrons. The number of sulfone groups is 1. The van der Waals surface area contributed by atoms with E-state index in [4.69, 9.17) is 4.74 Å². The van der Waals surface area contributed by atoms with Crippen LogP contribution in [0.2, 0.25) is 0 Å². The third-order valence-electron chi connectivity index (χ3n) is 4.70. The molecule has 0 spiro atoms. The Balaban J connectivity index is 2.33. The van der Waals surface area contributed by atoms with Gasteiger partial charge in [-0.15, -0.1) is 0 Å². The molecule has 0 saturated heterocycles. The summed E-state index contributed by atoms with van der Waals surface area (Å²) >= 11 is 0. The zero-order valence-electron chi connectivity index (χ0n) is 16.3. The van der Waals surface area contributed by atoms with Crippen molar-refractivity contribution >= 4 is 26.6 Å². The van der Waals surface area contributed by atoms with Gasteiger partial charge in [0.15, 0.2) is 0 Å². The number of hydrogen-bond acceptors (Lipinski definition) is 5. The summed E-state index contributed by atoms with van der Waals surface area (Å²) in [6.45, 7) is 4.40. The van der Waals surface area contributed by atoms with Gasteiger partial charge in [-0.25, -0.2) is 12.8 Å². The van der Waals surface area contributed by atoms with Gasteiger partial charge in [-0.3, -0.25) is 9.78 Å². The first-order valence-electron chi connectivity index (χ1n) is 9.10. The highest BCUT2D eigenvalue weighted by atomic mass is 32.2. The minimum absolute atomic E-state index is 0.0244. The van der Waals surface area contributed by atoms with E-state index in [1.54, 1.807) is 13.8 Å². The number of ether oxygens (including phenoxy) is 1. The zero-order chi connectivity index (χ0) is 21.2. The third kappa shape index (κ3) is 3.80. The number of fused-ring (bicyclic) bond motifs is 1. The molecule has 0 fully saturated rings. The van der Waals surface area contributed by atoms with Crippen molar-refractivity contribution in [1.29, 1.82) is 0 Å². The van der Waals surface area contributed by atoms with E-state index in [9.17, 15) is 17.6 Å². The van der Waals surface area contributed by atoms with Gasteiger partial charge in [0, 0.05) is 24.7 Å². The fourth-order valence-corrected chi connectivity index (χ4v) is 4.75. The maximum Gasteiger partial charge on any atom is 0.256 e. The number of carbonyl (C=O) groups is 1. The van der Waals surface area contributed by atoms with Crippen molar-refractivity contribution in [2.75, 3.05) is 20.2 Å². The van der Waals surface area contributed by atoms with E-state index in [2.05, 4.69) is 4.98 Å². The zero-order valence-corrected chi connectivity index (χ0v) is 17.2. The van der Waals surface area contributed by atoms with Gasteiger partial charge in [0.05, 0.1) is 28.0 Å². The lowest BCUT2D eigenvalue weighted by molar-refractivity contribution is 0.0769.